The van der Waals surface area contributed by atoms with E-state index in [0.717, 1.165) is 61.3 Å². The number of halogens is 1. The van der Waals surface area contributed by atoms with E-state index in [1.54, 1.807) is 6.20 Å². The van der Waals surface area contributed by atoms with Crippen molar-refractivity contribution in [2.24, 2.45) is 11.8 Å². The van der Waals surface area contributed by atoms with Crippen molar-refractivity contribution in [3.63, 3.8) is 0 Å². The molecular formula is C29H37ClN6O3. The fourth-order valence-electron chi connectivity index (χ4n) is 6.06. The smallest absolute Gasteiger partial charge is 0.229 e. The molecule has 2 N–H and O–H groups in total. The van der Waals surface area contributed by atoms with Crippen molar-refractivity contribution in [3.05, 3.63) is 47.4 Å². The summed E-state index contributed by atoms with van der Waals surface area (Å²) in [4.78, 5) is 22.2. The van der Waals surface area contributed by atoms with E-state index >= 15 is 0 Å². The lowest BCUT2D eigenvalue weighted by Gasteiger charge is -2.45. The third kappa shape index (κ3) is 5.13. The number of nitrogens with zero attached hydrogens (tertiary/aromatic N) is 5. The number of anilines is 2. The van der Waals surface area contributed by atoms with Crippen LogP contribution >= 0.6 is 11.6 Å². The number of aromatic nitrogens is 3. The second-order valence-corrected chi connectivity index (χ2v) is 12.3. The van der Waals surface area contributed by atoms with Crippen molar-refractivity contribution in [2.75, 3.05) is 49.6 Å². The highest BCUT2D eigenvalue weighted by atomic mass is 35.5. The second-order valence-electron chi connectivity index (χ2n) is 11.9. The number of pyridine rings is 1. The molecule has 39 heavy (non-hydrogen) atoms. The fourth-order valence-corrected chi connectivity index (χ4v) is 6.36. The summed E-state index contributed by atoms with van der Waals surface area (Å²) in [7, 11) is 0. The Morgan fingerprint density at radius 3 is 2.74 bits per heavy atom. The summed E-state index contributed by atoms with van der Waals surface area (Å²) in [6.07, 6.45) is 3.95. The number of piperazine rings is 1. The van der Waals surface area contributed by atoms with E-state index in [1.165, 1.54) is 0 Å². The fraction of sp³-hybridized carbons (Fsp3) is 0.552. The molecule has 9 nitrogen and oxygen atoms in total. The zero-order chi connectivity index (χ0) is 27.3. The maximum absolute atomic E-state index is 13.1. The average Bonchev–Trinajstić information content (AvgIpc) is 3.46. The summed E-state index contributed by atoms with van der Waals surface area (Å²) >= 11 is 6.71. The normalized spacial score (nSPS) is 27.4. The molecule has 0 spiro atoms. The van der Waals surface area contributed by atoms with Crippen molar-refractivity contribution in [3.8, 4) is 0 Å². The highest BCUT2D eigenvalue weighted by molar-refractivity contribution is 6.34. The van der Waals surface area contributed by atoms with E-state index in [-0.39, 0.29) is 23.3 Å². The maximum atomic E-state index is 13.1. The zero-order valence-corrected chi connectivity index (χ0v) is 23.6. The summed E-state index contributed by atoms with van der Waals surface area (Å²) in [6.45, 7) is 11.5. The minimum atomic E-state index is -0.470. The van der Waals surface area contributed by atoms with Gasteiger partial charge in [0, 0.05) is 68.0 Å². The minimum Gasteiger partial charge on any atom is -0.389 e. The molecule has 3 aliphatic rings. The number of nitrogens with one attached hydrogen (secondary N) is 1. The van der Waals surface area contributed by atoms with E-state index in [1.807, 2.05) is 29.1 Å². The van der Waals surface area contributed by atoms with Crippen LogP contribution in [0.1, 0.15) is 38.8 Å². The Hall–Kier alpha value is -2.72. The zero-order valence-electron chi connectivity index (χ0n) is 22.8. The van der Waals surface area contributed by atoms with Crippen LogP contribution in [0.25, 0.3) is 10.8 Å². The van der Waals surface area contributed by atoms with Crippen LogP contribution in [-0.2, 0) is 16.1 Å². The molecule has 0 unspecified atom stereocenters. The first-order valence-electron chi connectivity index (χ1n) is 13.9. The molecule has 10 heteroatoms. The summed E-state index contributed by atoms with van der Waals surface area (Å²) in [6, 6.07) is 7.99. The van der Waals surface area contributed by atoms with Crippen LogP contribution in [0, 0.1) is 11.8 Å². The summed E-state index contributed by atoms with van der Waals surface area (Å²) < 4.78 is 7.57. The quantitative estimate of drug-likeness (QED) is 0.461. The minimum absolute atomic E-state index is 0.000954. The van der Waals surface area contributed by atoms with Gasteiger partial charge in [-0.25, -0.2) is 4.98 Å². The first-order chi connectivity index (χ1) is 18.7. The van der Waals surface area contributed by atoms with Gasteiger partial charge < -0.3 is 20.1 Å². The standard InChI is InChI=1S/C29H37ClN6O3/c1-18(2)15-36-24(4-5-32-36)21-13-22(21)28(38)33-27-12-19-11-25(23(30)10-20(19)14-31-27)34-6-8-35(9-7-34)29(3)17-39-16-26(29)37/h4-5,10-12,14,18,21-22,26,37H,6-9,13,15-17H2,1-3H3,(H,31,33,38)/t21-,22-,26+,29-/m0/s1. The van der Waals surface area contributed by atoms with Crippen molar-refractivity contribution in [1.29, 1.82) is 0 Å². The van der Waals surface area contributed by atoms with E-state index in [9.17, 15) is 9.90 Å². The maximum Gasteiger partial charge on any atom is 0.229 e. The van der Waals surface area contributed by atoms with Gasteiger partial charge in [-0.2, -0.15) is 5.10 Å². The van der Waals surface area contributed by atoms with Crippen LogP contribution in [0.3, 0.4) is 0 Å². The predicted molar refractivity (Wildman–Crippen MR) is 152 cm³/mol. The number of carbonyl (C=O) groups excluding carboxylic acids is 1. The van der Waals surface area contributed by atoms with Gasteiger partial charge in [0.25, 0.3) is 0 Å². The van der Waals surface area contributed by atoms with Gasteiger partial charge in [0.05, 0.1) is 35.6 Å². The lowest BCUT2D eigenvalue weighted by atomic mass is 9.95. The average molecular weight is 553 g/mol. The van der Waals surface area contributed by atoms with Crippen molar-refractivity contribution in [1.82, 2.24) is 19.7 Å². The molecule has 2 aromatic heterocycles. The number of aliphatic hydroxyl groups excluding tert-OH is 1. The van der Waals surface area contributed by atoms with Gasteiger partial charge in [-0.15, -0.1) is 0 Å². The van der Waals surface area contributed by atoms with E-state index in [2.05, 4.69) is 52.0 Å². The summed E-state index contributed by atoms with van der Waals surface area (Å²) in [5.74, 6) is 1.19. The third-order valence-corrected chi connectivity index (χ3v) is 8.87. The Kier molecular flexibility index (Phi) is 7.03. The molecule has 208 valence electrons. The largest absolute Gasteiger partial charge is 0.389 e. The van der Waals surface area contributed by atoms with Crippen LogP contribution in [0.15, 0.2) is 36.7 Å². The van der Waals surface area contributed by atoms with E-state index in [4.69, 9.17) is 16.3 Å². The Morgan fingerprint density at radius 1 is 1.23 bits per heavy atom. The molecule has 1 aliphatic carbocycles. The predicted octanol–water partition coefficient (Wildman–Crippen LogP) is 3.75. The van der Waals surface area contributed by atoms with Crippen LogP contribution in [0.5, 0.6) is 0 Å². The molecule has 4 atom stereocenters. The van der Waals surface area contributed by atoms with Crippen LogP contribution in [0.4, 0.5) is 11.5 Å². The first-order valence-corrected chi connectivity index (χ1v) is 14.3. The van der Waals surface area contributed by atoms with Gasteiger partial charge >= 0.3 is 0 Å². The molecule has 0 bridgehead atoms. The molecule has 4 heterocycles. The van der Waals surface area contributed by atoms with Gasteiger partial charge in [0.15, 0.2) is 0 Å². The number of hydrogen-bond acceptors (Lipinski definition) is 7. The molecular weight excluding hydrogens is 516 g/mol. The van der Waals surface area contributed by atoms with E-state index < -0.39 is 6.10 Å². The number of hydrogen-bond donors (Lipinski definition) is 2. The van der Waals surface area contributed by atoms with E-state index in [0.29, 0.717) is 30.0 Å². The number of aliphatic hydroxyl groups is 1. The molecule has 0 radical (unpaired) electrons. The lowest BCUT2D eigenvalue weighted by molar-refractivity contribution is -0.117. The SMILES string of the molecule is CC(C)Cn1nccc1[C@H]1C[C@@H]1C(=O)Nc1cc2cc(N3CCN([C@@]4(C)COC[C@H]4O)CC3)c(Cl)cc2cn1. The molecule has 1 saturated carbocycles. The number of rotatable bonds is 7. The first kappa shape index (κ1) is 26.5. The summed E-state index contributed by atoms with van der Waals surface area (Å²) in [5.41, 5.74) is 1.77. The second kappa shape index (κ2) is 10.4. The van der Waals surface area contributed by atoms with Gasteiger partial charge in [0.1, 0.15) is 5.82 Å². The number of benzene rings is 1. The summed E-state index contributed by atoms with van der Waals surface area (Å²) in [5, 5.41) is 20.5. The van der Waals surface area contributed by atoms with Gasteiger partial charge in [-0.3, -0.25) is 14.4 Å². The van der Waals surface area contributed by atoms with Crippen molar-refractivity contribution >= 4 is 39.8 Å². The molecule has 3 aromatic rings. The molecule has 3 fully saturated rings. The van der Waals surface area contributed by atoms with Gasteiger partial charge in [-0.05, 0) is 48.9 Å². The van der Waals surface area contributed by atoms with Crippen LogP contribution in [-0.4, -0.2) is 81.7 Å². The molecule has 1 aromatic carbocycles. The monoisotopic (exact) mass is 552 g/mol. The van der Waals surface area contributed by atoms with Gasteiger partial charge in [0.2, 0.25) is 5.91 Å². The Morgan fingerprint density at radius 2 is 2.03 bits per heavy atom. The third-order valence-electron chi connectivity index (χ3n) is 8.56. The van der Waals surface area contributed by atoms with Gasteiger partial charge in [-0.1, -0.05) is 25.4 Å². The van der Waals surface area contributed by atoms with Crippen molar-refractivity contribution in [2.45, 2.75) is 51.3 Å². The lowest BCUT2D eigenvalue weighted by Crippen LogP contribution is -2.60. The Bertz CT molecular complexity index is 1370. The number of amides is 1. The number of carbonyl (C=O) groups is 1. The number of ether oxygens (including phenoxy) is 1. The molecule has 6 rings (SSSR count). The molecule has 1 amide bonds. The van der Waals surface area contributed by atoms with Crippen LogP contribution < -0.4 is 10.2 Å². The Balaban J connectivity index is 1.13. The Labute approximate surface area is 234 Å². The highest BCUT2D eigenvalue weighted by Crippen LogP contribution is 2.48. The van der Waals surface area contributed by atoms with Crippen molar-refractivity contribution < 1.29 is 14.6 Å². The van der Waals surface area contributed by atoms with Crippen LogP contribution in [0.2, 0.25) is 5.02 Å². The molecule has 2 aliphatic heterocycles. The number of fused-ring (bicyclic) bond motifs is 1. The topological polar surface area (TPSA) is 95.8 Å². The molecule has 2 saturated heterocycles. The highest BCUT2D eigenvalue weighted by Gasteiger charge is 2.46.